The molecule has 104 valence electrons. The van der Waals surface area contributed by atoms with Crippen molar-refractivity contribution in [3.63, 3.8) is 0 Å². The van der Waals surface area contributed by atoms with Crippen LogP contribution in [0.15, 0.2) is 30.5 Å². The summed E-state index contributed by atoms with van der Waals surface area (Å²) in [4.78, 5) is 11.8. The Morgan fingerprint density at radius 2 is 2.20 bits per heavy atom. The van der Waals surface area contributed by atoms with Crippen LogP contribution in [0.3, 0.4) is 0 Å². The molecule has 20 heavy (non-hydrogen) atoms. The second-order valence-corrected chi connectivity index (χ2v) is 4.50. The fourth-order valence-electron chi connectivity index (χ4n) is 1.79. The Bertz CT molecular complexity index is 644. The maximum atomic E-state index is 11.8. The van der Waals surface area contributed by atoms with Gasteiger partial charge in [-0.2, -0.15) is 5.10 Å². The quantitative estimate of drug-likeness (QED) is 0.840. The number of aryl methyl sites for hydroxylation is 2. The SMILES string of the molecule is COc1ccc(C)cc1/C=C/C(=O)Nc1[nH]ncc1C. The molecule has 1 aromatic carbocycles. The number of nitrogens with zero attached hydrogens (tertiary/aromatic N) is 1. The maximum absolute atomic E-state index is 11.8. The fraction of sp³-hybridized carbons (Fsp3) is 0.200. The van der Waals surface area contributed by atoms with Crippen molar-refractivity contribution in [3.05, 3.63) is 47.2 Å². The molecule has 2 N–H and O–H groups in total. The number of anilines is 1. The van der Waals surface area contributed by atoms with Crippen LogP contribution in [0.5, 0.6) is 5.75 Å². The predicted molar refractivity (Wildman–Crippen MR) is 78.7 cm³/mol. The van der Waals surface area contributed by atoms with Crippen molar-refractivity contribution in [1.29, 1.82) is 0 Å². The first-order valence-corrected chi connectivity index (χ1v) is 6.24. The maximum Gasteiger partial charge on any atom is 0.249 e. The fourth-order valence-corrected chi connectivity index (χ4v) is 1.79. The molecule has 0 radical (unpaired) electrons. The lowest BCUT2D eigenvalue weighted by Crippen LogP contribution is -2.09. The van der Waals surface area contributed by atoms with Crippen molar-refractivity contribution >= 4 is 17.8 Å². The number of rotatable bonds is 4. The molecule has 2 aromatic rings. The van der Waals surface area contributed by atoms with Crippen molar-refractivity contribution in [2.45, 2.75) is 13.8 Å². The van der Waals surface area contributed by atoms with E-state index in [1.165, 1.54) is 6.08 Å². The minimum atomic E-state index is -0.221. The van der Waals surface area contributed by atoms with Crippen molar-refractivity contribution < 1.29 is 9.53 Å². The number of nitrogens with one attached hydrogen (secondary N) is 2. The average molecular weight is 271 g/mol. The van der Waals surface area contributed by atoms with Gasteiger partial charge in [0.15, 0.2) is 0 Å². The lowest BCUT2D eigenvalue weighted by atomic mass is 10.1. The van der Waals surface area contributed by atoms with E-state index in [0.717, 1.165) is 22.4 Å². The van der Waals surface area contributed by atoms with Gasteiger partial charge >= 0.3 is 0 Å². The zero-order valence-corrected chi connectivity index (χ0v) is 11.7. The molecule has 1 heterocycles. The molecule has 0 bridgehead atoms. The molecule has 2 rings (SSSR count). The molecule has 0 atom stereocenters. The normalized spacial score (nSPS) is 10.8. The summed E-state index contributed by atoms with van der Waals surface area (Å²) >= 11 is 0. The van der Waals surface area contributed by atoms with Crippen LogP contribution in [-0.2, 0) is 4.79 Å². The summed E-state index contributed by atoms with van der Waals surface area (Å²) < 4.78 is 5.26. The Hall–Kier alpha value is -2.56. The summed E-state index contributed by atoms with van der Waals surface area (Å²) in [6.45, 7) is 3.86. The van der Waals surface area contributed by atoms with Crippen LogP contribution in [-0.4, -0.2) is 23.2 Å². The lowest BCUT2D eigenvalue weighted by Gasteiger charge is -2.05. The van der Waals surface area contributed by atoms with E-state index in [4.69, 9.17) is 4.74 Å². The average Bonchev–Trinajstić information content (AvgIpc) is 2.82. The first-order chi connectivity index (χ1) is 9.60. The largest absolute Gasteiger partial charge is 0.496 e. The highest BCUT2D eigenvalue weighted by atomic mass is 16.5. The number of aromatic amines is 1. The van der Waals surface area contributed by atoms with Crippen LogP contribution < -0.4 is 10.1 Å². The molecular weight excluding hydrogens is 254 g/mol. The van der Waals surface area contributed by atoms with E-state index in [-0.39, 0.29) is 5.91 Å². The molecule has 1 aromatic heterocycles. The van der Waals surface area contributed by atoms with E-state index < -0.39 is 0 Å². The molecule has 0 aliphatic rings. The van der Waals surface area contributed by atoms with Gasteiger partial charge in [-0.05, 0) is 32.1 Å². The molecular formula is C15H17N3O2. The number of carbonyl (C=O) groups is 1. The van der Waals surface area contributed by atoms with E-state index in [1.807, 2.05) is 32.0 Å². The van der Waals surface area contributed by atoms with Crippen LogP contribution in [0.2, 0.25) is 0 Å². The van der Waals surface area contributed by atoms with Gasteiger partial charge in [0.05, 0.1) is 13.3 Å². The van der Waals surface area contributed by atoms with Crippen LogP contribution >= 0.6 is 0 Å². The number of hydrogen-bond acceptors (Lipinski definition) is 3. The summed E-state index contributed by atoms with van der Waals surface area (Å²) in [7, 11) is 1.61. The third-order valence-electron chi connectivity index (χ3n) is 2.88. The number of methoxy groups -OCH3 is 1. The summed E-state index contributed by atoms with van der Waals surface area (Å²) in [6.07, 6.45) is 4.85. The molecule has 5 heteroatoms. The van der Waals surface area contributed by atoms with Gasteiger partial charge in [0.1, 0.15) is 11.6 Å². The highest BCUT2D eigenvalue weighted by molar-refractivity contribution is 6.01. The Kier molecular flexibility index (Phi) is 4.20. The van der Waals surface area contributed by atoms with Gasteiger partial charge in [-0.15, -0.1) is 0 Å². The zero-order chi connectivity index (χ0) is 14.5. The minimum Gasteiger partial charge on any atom is -0.496 e. The molecule has 0 aliphatic carbocycles. The number of hydrogen-bond donors (Lipinski definition) is 2. The molecule has 0 saturated carbocycles. The van der Waals surface area contributed by atoms with Gasteiger partial charge in [0.2, 0.25) is 5.91 Å². The number of aromatic nitrogens is 2. The first kappa shape index (κ1) is 13.9. The number of H-pyrrole nitrogens is 1. The minimum absolute atomic E-state index is 0.221. The van der Waals surface area contributed by atoms with Crippen LogP contribution in [0.25, 0.3) is 6.08 Å². The summed E-state index contributed by atoms with van der Waals surface area (Å²) in [5.41, 5.74) is 2.86. The highest BCUT2D eigenvalue weighted by Gasteiger charge is 2.04. The van der Waals surface area contributed by atoms with E-state index in [2.05, 4.69) is 15.5 Å². The predicted octanol–water partition coefficient (Wildman–Crippen LogP) is 2.69. The second kappa shape index (κ2) is 6.06. The summed E-state index contributed by atoms with van der Waals surface area (Å²) in [5, 5.41) is 9.30. The third kappa shape index (κ3) is 3.26. The number of amides is 1. The van der Waals surface area contributed by atoms with Gasteiger partial charge in [0.25, 0.3) is 0 Å². The zero-order valence-electron chi connectivity index (χ0n) is 11.7. The Labute approximate surface area is 117 Å². The molecule has 0 spiro atoms. The molecule has 0 unspecified atom stereocenters. The first-order valence-electron chi connectivity index (χ1n) is 6.24. The molecule has 0 saturated heterocycles. The van der Waals surface area contributed by atoms with Crippen molar-refractivity contribution in [1.82, 2.24) is 10.2 Å². The molecule has 1 amide bonds. The Morgan fingerprint density at radius 3 is 2.85 bits per heavy atom. The van der Waals surface area contributed by atoms with Gasteiger partial charge in [-0.25, -0.2) is 0 Å². The van der Waals surface area contributed by atoms with Crippen LogP contribution in [0.4, 0.5) is 5.82 Å². The van der Waals surface area contributed by atoms with E-state index in [1.54, 1.807) is 19.4 Å². The standard InChI is InChI=1S/C15H17N3O2/c1-10-4-6-13(20-3)12(8-10)5-7-14(19)17-15-11(2)9-16-18-15/h4-9H,1-3H3,(H2,16,17,18,19)/b7-5+. The van der Waals surface area contributed by atoms with Crippen LogP contribution in [0.1, 0.15) is 16.7 Å². The molecule has 5 nitrogen and oxygen atoms in total. The monoisotopic (exact) mass is 271 g/mol. The van der Waals surface area contributed by atoms with Crippen LogP contribution in [0, 0.1) is 13.8 Å². The van der Waals surface area contributed by atoms with E-state index >= 15 is 0 Å². The topological polar surface area (TPSA) is 67.0 Å². The molecule has 0 aliphatic heterocycles. The van der Waals surface area contributed by atoms with E-state index in [9.17, 15) is 4.79 Å². The highest BCUT2D eigenvalue weighted by Crippen LogP contribution is 2.21. The van der Waals surface area contributed by atoms with Crippen molar-refractivity contribution in [2.24, 2.45) is 0 Å². The smallest absolute Gasteiger partial charge is 0.249 e. The second-order valence-electron chi connectivity index (χ2n) is 4.50. The summed E-state index contributed by atoms with van der Waals surface area (Å²) in [6, 6.07) is 5.81. The Balaban J connectivity index is 2.11. The van der Waals surface area contributed by atoms with Crippen molar-refractivity contribution in [3.8, 4) is 5.75 Å². The summed E-state index contributed by atoms with van der Waals surface area (Å²) in [5.74, 6) is 1.12. The van der Waals surface area contributed by atoms with Crippen molar-refractivity contribution in [2.75, 3.05) is 12.4 Å². The number of carbonyl (C=O) groups excluding carboxylic acids is 1. The Morgan fingerprint density at radius 1 is 1.40 bits per heavy atom. The van der Waals surface area contributed by atoms with Gasteiger partial charge in [-0.1, -0.05) is 11.6 Å². The van der Waals surface area contributed by atoms with Gasteiger partial charge in [0, 0.05) is 17.2 Å². The van der Waals surface area contributed by atoms with E-state index in [0.29, 0.717) is 5.82 Å². The lowest BCUT2D eigenvalue weighted by molar-refractivity contribution is -0.111. The van der Waals surface area contributed by atoms with Gasteiger partial charge < -0.3 is 10.1 Å². The van der Waals surface area contributed by atoms with Gasteiger partial charge in [-0.3, -0.25) is 9.89 Å². The third-order valence-corrected chi connectivity index (χ3v) is 2.88. The molecule has 0 fully saturated rings. The number of ether oxygens (including phenoxy) is 1. The number of benzene rings is 1.